The Balaban J connectivity index is 0.000000271. The van der Waals surface area contributed by atoms with Crippen molar-refractivity contribution >= 4 is 23.5 Å². The first-order chi connectivity index (χ1) is 35.2. The summed E-state index contributed by atoms with van der Waals surface area (Å²) in [7, 11) is 1.64. The largest absolute Gasteiger partial charge is 0.491 e. The van der Waals surface area contributed by atoms with Crippen LogP contribution in [0.4, 0.5) is 0 Å². The number of carbonyl (C=O) groups excluding carboxylic acids is 4. The van der Waals surface area contributed by atoms with Gasteiger partial charge < -0.3 is 38.3 Å². The summed E-state index contributed by atoms with van der Waals surface area (Å²) < 4.78 is 38.2. The number of hydrogen-bond acceptors (Lipinski definition) is 12. The van der Waals surface area contributed by atoms with Crippen LogP contribution in [0.5, 0.6) is 23.0 Å². The van der Waals surface area contributed by atoms with Gasteiger partial charge in [0.15, 0.2) is 11.6 Å². The van der Waals surface area contributed by atoms with Gasteiger partial charge in [0.2, 0.25) is 0 Å². The summed E-state index contributed by atoms with van der Waals surface area (Å²) in [6.07, 6.45) is 0. The summed E-state index contributed by atoms with van der Waals surface area (Å²) in [6.45, 7) is 12.6. The van der Waals surface area contributed by atoms with E-state index in [9.17, 15) is 19.2 Å². The summed E-state index contributed by atoms with van der Waals surface area (Å²) >= 11 is 0. The molecule has 378 valence electrons. The Morgan fingerprint density at radius 1 is 0.438 bits per heavy atom. The zero-order valence-electron chi connectivity index (χ0n) is 42.5. The molecule has 0 aliphatic rings. The fraction of sp³-hybridized carbons (Fsp3) is 0.279. The Labute approximate surface area is 428 Å². The van der Waals surface area contributed by atoms with Gasteiger partial charge >= 0.3 is 11.9 Å². The van der Waals surface area contributed by atoms with E-state index in [1.54, 1.807) is 49.6 Å². The lowest BCUT2D eigenvalue weighted by Gasteiger charge is -2.25. The number of Topliss-reactive ketones (excluding diaryl/α,β-unsaturated/α-hetero) is 2. The van der Waals surface area contributed by atoms with E-state index in [1.807, 2.05) is 111 Å². The molecule has 0 fully saturated rings. The minimum atomic E-state index is -0.531. The summed E-state index contributed by atoms with van der Waals surface area (Å²) in [5.41, 5.74) is 4.79. The van der Waals surface area contributed by atoms with Crippen LogP contribution in [0, 0.1) is 23.7 Å². The lowest BCUT2D eigenvalue weighted by molar-refractivity contribution is 0.0442. The zero-order chi connectivity index (χ0) is 52.6. The van der Waals surface area contributed by atoms with Crippen LogP contribution in [-0.2, 0) is 25.0 Å². The van der Waals surface area contributed by atoms with Crippen molar-refractivity contribution in [1.29, 1.82) is 0 Å². The molecule has 0 radical (unpaired) electrons. The van der Waals surface area contributed by atoms with Gasteiger partial charge in [-0.3, -0.25) is 9.59 Å². The van der Waals surface area contributed by atoms with Crippen molar-refractivity contribution in [2.75, 3.05) is 60.0 Å². The van der Waals surface area contributed by atoms with Crippen molar-refractivity contribution in [2.45, 2.75) is 52.4 Å². The van der Waals surface area contributed by atoms with Gasteiger partial charge in [0, 0.05) is 18.2 Å². The summed E-state index contributed by atoms with van der Waals surface area (Å²) in [6, 6.07) is 43.9. The van der Waals surface area contributed by atoms with Crippen LogP contribution in [0.3, 0.4) is 0 Å². The van der Waals surface area contributed by atoms with Gasteiger partial charge in [-0.2, -0.15) is 0 Å². The van der Waals surface area contributed by atoms with E-state index >= 15 is 0 Å². The second-order valence-electron chi connectivity index (χ2n) is 16.8. The number of ketones is 2. The maximum Gasteiger partial charge on any atom is 0.338 e. The van der Waals surface area contributed by atoms with E-state index in [4.69, 9.17) is 38.3 Å². The molecule has 6 aromatic rings. The lowest BCUT2D eigenvalue weighted by atomic mass is 9.77. The number of aliphatic hydroxyl groups is 1. The Bertz CT molecular complexity index is 2870. The predicted octanol–water partition coefficient (Wildman–Crippen LogP) is 10.3. The summed E-state index contributed by atoms with van der Waals surface area (Å²) in [4.78, 5) is 47.3. The molecule has 0 heterocycles. The molecule has 0 aromatic heterocycles. The average molecular weight is 987 g/mol. The number of carbonyl (C=O) groups is 4. The zero-order valence-corrected chi connectivity index (χ0v) is 42.5. The summed E-state index contributed by atoms with van der Waals surface area (Å²) in [5.74, 6) is 14.4. The minimum Gasteiger partial charge on any atom is -0.491 e. The van der Waals surface area contributed by atoms with E-state index < -0.39 is 22.8 Å². The SMILES string of the molecule is CC#CC(C)(c1ccc(OCCO)cc1)c1ccc(OCCOC(=O)c2ccc(C(C)=O)cc2)cc1.CC#CC(C)(c1ccc(OCCOC)cc1)c1ccc(OCCOC(=O)c2cccc(C(C)=O)c2)cc1. The molecule has 0 amide bonds. The Kier molecular flexibility index (Phi) is 21.4. The van der Waals surface area contributed by atoms with Crippen molar-refractivity contribution in [3.05, 3.63) is 190 Å². The number of methoxy groups -OCH3 is 1. The van der Waals surface area contributed by atoms with Gasteiger partial charge in [0.1, 0.15) is 62.6 Å². The quantitative estimate of drug-likeness (QED) is 0.0281. The molecule has 0 spiro atoms. The standard InChI is InChI=1S/C31H32O6.C30H30O6/c1-5-17-31(3,26-9-13-28(14-10-26)35-19-18-34-4)27-11-15-29(16-12-27)36-20-21-37-30(33)25-8-6-7-24(22-25)23(2)32;1-4-17-30(3,25-9-13-27(14-10-25)34-19-18-31)26-11-15-28(16-12-26)35-20-21-36-29(33)24-7-5-23(6-8-24)22(2)32/h6-16,22H,18-21H2,1-4H3;5-16,31H,18-21H2,1-3H3. The molecule has 0 aliphatic heterocycles. The number of aliphatic hydroxyl groups excluding tert-OH is 1. The van der Waals surface area contributed by atoms with Crippen molar-refractivity contribution in [2.24, 2.45) is 0 Å². The highest BCUT2D eigenvalue weighted by Crippen LogP contribution is 2.35. The van der Waals surface area contributed by atoms with Gasteiger partial charge in [-0.05, 0) is 137 Å². The Hall–Kier alpha value is -8.16. The van der Waals surface area contributed by atoms with Crippen molar-refractivity contribution < 1.29 is 57.4 Å². The molecule has 0 aliphatic carbocycles. The van der Waals surface area contributed by atoms with Crippen molar-refractivity contribution in [3.8, 4) is 46.7 Å². The Morgan fingerprint density at radius 3 is 1.14 bits per heavy atom. The first-order valence-corrected chi connectivity index (χ1v) is 23.7. The van der Waals surface area contributed by atoms with Crippen molar-refractivity contribution in [3.63, 3.8) is 0 Å². The fourth-order valence-corrected chi connectivity index (χ4v) is 7.53. The highest BCUT2D eigenvalue weighted by atomic mass is 16.6. The summed E-state index contributed by atoms with van der Waals surface area (Å²) in [5, 5.41) is 8.93. The third kappa shape index (κ3) is 16.2. The van der Waals surface area contributed by atoms with Gasteiger partial charge in [0.25, 0.3) is 0 Å². The number of hydrogen-bond donors (Lipinski definition) is 1. The molecule has 12 nitrogen and oxygen atoms in total. The van der Waals surface area contributed by atoms with E-state index in [2.05, 4.69) is 37.5 Å². The lowest BCUT2D eigenvalue weighted by Crippen LogP contribution is -2.21. The van der Waals surface area contributed by atoms with E-state index in [-0.39, 0.29) is 51.2 Å². The van der Waals surface area contributed by atoms with E-state index in [1.165, 1.54) is 19.9 Å². The molecule has 0 saturated heterocycles. The molecule has 12 heteroatoms. The van der Waals surface area contributed by atoms with Gasteiger partial charge in [-0.25, -0.2) is 9.59 Å². The second kappa shape index (κ2) is 28.0. The van der Waals surface area contributed by atoms with Gasteiger partial charge in [0.05, 0.1) is 35.2 Å². The monoisotopic (exact) mass is 986 g/mol. The number of ether oxygens (including phenoxy) is 7. The van der Waals surface area contributed by atoms with Crippen LogP contribution in [0.25, 0.3) is 0 Å². The van der Waals surface area contributed by atoms with Crippen LogP contribution in [-0.4, -0.2) is 88.6 Å². The van der Waals surface area contributed by atoms with Crippen LogP contribution < -0.4 is 18.9 Å². The maximum absolute atomic E-state index is 12.3. The molecule has 73 heavy (non-hydrogen) atoms. The molecular weight excluding hydrogens is 925 g/mol. The fourth-order valence-electron chi connectivity index (χ4n) is 7.53. The predicted molar refractivity (Wildman–Crippen MR) is 280 cm³/mol. The smallest absolute Gasteiger partial charge is 0.338 e. The molecule has 1 N–H and O–H groups in total. The number of esters is 2. The third-order valence-electron chi connectivity index (χ3n) is 11.6. The average Bonchev–Trinajstić information content (AvgIpc) is 3.41. The third-order valence-corrected chi connectivity index (χ3v) is 11.6. The molecule has 6 aromatic carbocycles. The Morgan fingerprint density at radius 2 is 0.781 bits per heavy atom. The number of rotatable bonds is 23. The molecule has 0 bridgehead atoms. The first kappa shape index (κ1) is 55.8. The van der Waals surface area contributed by atoms with Gasteiger partial charge in [-0.15, -0.1) is 11.8 Å². The van der Waals surface area contributed by atoms with Crippen LogP contribution >= 0.6 is 0 Å². The molecule has 6 rings (SSSR count). The van der Waals surface area contributed by atoms with E-state index in [0.717, 1.165) is 28.0 Å². The van der Waals surface area contributed by atoms with Gasteiger partial charge in [-0.1, -0.05) is 84.6 Å². The number of benzene rings is 6. The van der Waals surface area contributed by atoms with E-state index in [0.29, 0.717) is 52.7 Å². The minimum absolute atomic E-state index is 0.0341. The van der Waals surface area contributed by atoms with Crippen LogP contribution in [0.15, 0.2) is 146 Å². The molecule has 2 unspecified atom stereocenters. The molecule has 2 atom stereocenters. The van der Waals surface area contributed by atoms with Crippen LogP contribution in [0.2, 0.25) is 0 Å². The molecular formula is C61H62O12. The highest BCUT2D eigenvalue weighted by molar-refractivity contribution is 5.98. The molecule has 0 saturated carbocycles. The highest BCUT2D eigenvalue weighted by Gasteiger charge is 2.28. The second-order valence-corrected chi connectivity index (χ2v) is 16.8. The van der Waals surface area contributed by atoms with Crippen LogP contribution in [0.1, 0.15) is 105 Å². The normalized spacial score (nSPS) is 12.0. The first-order valence-electron chi connectivity index (χ1n) is 23.7. The topological polar surface area (TPSA) is 153 Å². The van der Waals surface area contributed by atoms with Crippen molar-refractivity contribution in [1.82, 2.24) is 0 Å². The maximum atomic E-state index is 12.3.